The molecule has 2 amide bonds. The summed E-state index contributed by atoms with van der Waals surface area (Å²) in [6.45, 7) is 0.299. The molecule has 1 heterocycles. The fourth-order valence-corrected chi connectivity index (χ4v) is 4.88. The van der Waals surface area contributed by atoms with E-state index in [2.05, 4.69) is 58.4 Å². The zero-order valence-electron chi connectivity index (χ0n) is 18.4. The Kier molecular flexibility index (Phi) is 6.24. The van der Waals surface area contributed by atoms with Crippen LogP contribution in [0.5, 0.6) is 0 Å². The number of benzene rings is 5. The highest BCUT2D eigenvalue weighted by Gasteiger charge is 2.35. The summed E-state index contributed by atoms with van der Waals surface area (Å²) in [7, 11) is 0. The molecule has 0 bridgehead atoms. The van der Waals surface area contributed by atoms with Crippen molar-refractivity contribution in [2.24, 2.45) is 0 Å². The Morgan fingerprint density at radius 3 is 1.53 bits per heavy atom. The molecule has 1 aliphatic heterocycles. The van der Waals surface area contributed by atoms with Gasteiger partial charge in [0, 0.05) is 5.33 Å². The summed E-state index contributed by atoms with van der Waals surface area (Å²) >= 11 is 3.48. The lowest BCUT2D eigenvalue weighted by Gasteiger charge is -2.15. The number of hydrogen-bond donors (Lipinski definition) is 0. The molecule has 0 fully saturated rings. The Hall–Kier alpha value is -3.76. The van der Waals surface area contributed by atoms with E-state index in [9.17, 15) is 9.59 Å². The number of carbonyl (C=O) groups excluding carboxylic acids is 2. The van der Waals surface area contributed by atoms with Crippen molar-refractivity contribution in [2.45, 2.75) is 11.9 Å². The summed E-state index contributed by atoms with van der Waals surface area (Å²) in [6, 6.07) is 35.8. The van der Waals surface area contributed by atoms with Gasteiger partial charge in [-0.3, -0.25) is 14.5 Å². The van der Waals surface area contributed by atoms with Gasteiger partial charge in [0.2, 0.25) is 0 Å². The molecule has 1 aliphatic rings. The predicted octanol–water partition coefficient (Wildman–Crippen LogP) is 7.37. The Balaban J connectivity index is 0.000000169. The second-order valence-corrected chi connectivity index (χ2v) is 8.71. The number of halogens is 1. The maximum atomic E-state index is 12.5. The lowest BCUT2D eigenvalue weighted by molar-refractivity contribution is 0.0643. The first-order valence-corrected chi connectivity index (χ1v) is 12.2. The van der Waals surface area contributed by atoms with Crippen LogP contribution >= 0.6 is 15.9 Å². The molecule has 5 aromatic rings. The van der Waals surface area contributed by atoms with Gasteiger partial charge in [0.15, 0.2) is 0 Å². The van der Waals surface area contributed by atoms with Crippen LogP contribution in [0.3, 0.4) is 0 Å². The highest BCUT2D eigenvalue weighted by Crippen LogP contribution is 2.27. The second-order valence-electron chi connectivity index (χ2n) is 8.15. The predicted molar refractivity (Wildman–Crippen MR) is 141 cm³/mol. The second kappa shape index (κ2) is 9.62. The van der Waals surface area contributed by atoms with Crippen LogP contribution in [0.4, 0.5) is 0 Å². The van der Waals surface area contributed by atoms with Gasteiger partial charge in [-0.15, -0.1) is 0 Å². The smallest absolute Gasteiger partial charge is 0.261 e. The van der Waals surface area contributed by atoms with Gasteiger partial charge in [0.25, 0.3) is 11.8 Å². The summed E-state index contributed by atoms with van der Waals surface area (Å²) in [4.78, 5) is 26.2. The maximum absolute atomic E-state index is 12.5. The van der Waals surface area contributed by atoms with Crippen molar-refractivity contribution < 1.29 is 9.59 Å². The maximum Gasteiger partial charge on any atom is 0.261 e. The van der Waals surface area contributed by atoms with Gasteiger partial charge in [-0.2, -0.15) is 0 Å². The lowest BCUT2D eigenvalue weighted by Crippen LogP contribution is -2.29. The average Bonchev–Trinajstić information content (AvgIpc) is 3.14. The number of carbonyl (C=O) groups is 2. The van der Waals surface area contributed by atoms with Gasteiger partial charge in [0.05, 0.1) is 17.7 Å². The van der Waals surface area contributed by atoms with E-state index in [4.69, 9.17) is 0 Å². The Morgan fingerprint density at radius 1 is 0.529 bits per heavy atom. The standard InChI is InChI=1S/C19H13NO2.C11H9Br/c21-18-16-10-3-4-11-17(16)19(22)20(18)12-14-8-5-7-13-6-1-2-9-15(13)14;12-8-10-6-3-5-9-4-1-2-7-11(9)10/h1-11H,12H2;1-7H,8H2. The topological polar surface area (TPSA) is 37.4 Å². The molecule has 0 aromatic heterocycles. The molecule has 166 valence electrons. The van der Waals surface area contributed by atoms with Crippen LogP contribution in [0.1, 0.15) is 31.8 Å². The van der Waals surface area contributed by atoms with Crippen LogP contribution in [0, 0.1) is 0 Å². The van der Waals surface area contributed by atoms with E-state index in [1.165, 1.54) is 21.2 Å². The molecule has 6 rings (SSSR count). The fourth-order valence-electron chi connectivity index (χ4n) is 4.39. The van der Waals surface area contributed by atoms with Crippen LogP contribution in [0.25, 0.3) is 21.5 Å². The van der Waals surface area contributed by atoms with Crippen LogP contribution in [-0.4, -0.2) is 16.7 Å². The minimum Gasteiger partial charge on any atom is -0.270 e. The summed E-state index contributed by atoms with van der Waals surface area (Å²) < 4.78 is 0. The highest BCUT2D eigenvalue weighted by atomic mass is 79.9. The minimum atomic E-state index is -0.214. The zero-order chi connectivity index (χ0) is 23.5. The quantitative estimate of drug-likeness (QED) is 0.189. The van der Waals surface area contributed by atoms with Crippen molar-refractivity contribution in [3.8, 4) is 0 Å². The van der Waals surface area contributed by atoms with Crippen LogP contribution < -0.4 is 0 Å². The Morgan fingerprint density at radius 2 is 0.971 bits per heavy atom. The molecule has 0 unspecified atom stereocenters. The summed E-state index contributed by atoms with van der Waals surface area (Å²) in [5, 5.41) is 5.76. The van der Waals surface area contributed by atoms with E-state index in [0.29, 0.717) is 17.7 Å². The molecule has 0 N–H and O–H groups in total. The lowest BCUT2D eigenvalue weighted by atomic mass is 10.0. The molecule has 0 spiro atoms. The van der Waals surface area contributed by atoms with E-state index in [1.807, 2.05) is 42.5 Å². The van der Waals surface area contributed by atoms with Crippen LogP contribution in [0.15, 0.2) is 109 Å². The first-order valence-electron chi connectivity index (χ1n) is 11.1. The molecule has 0 radical (unpaired) electrons. The summed E-state index contributed by atoms with van der Waals surface area (Å²) in [5.41, 5.74) is 3.32. The van der Waals surface area contributed by atoms with Gasteiger partial charge in [-0.25, -0.2) is 0 Å². The third-order valence-electron chi connectivity index (χ3n) is 6.11. The third-order valence-corrected chi connectivity index (χ3v) is 6.71. The molecule has 0 atom stereocenters. The number of imide groups is 1. The highest BCUT2D eigenvalue weighted by molar-refractivity contribution is 9.08. The molecule has 0 aliphatic carbocycles. The largest absolute Gasteiger partial charge is 0.270 e. The molecular formula is C30H22BrNO2. The number of amides is 2. The van der Waals surface area contributed by atoms with E-state index in [-0.39, 0.29) is 11.8 Å². The monoisotopic (exact) mass is 507 g/mol. The number of alkyl halides is 1. The Labute approximate surface area is 206 Å². The van der Waals surface area contributed by atoms with Crippen molar-refractivity contribution in [3.63, 3.8) is 0 Å². The first-order chi connectivity index (χ1) is 16.7. The summed E-state index contributed by atoms with van der Waals surface area (Å²) in [6.07, 6.45) is 0. The van der Waals surface area contributed by atoms with Gasteiger partial charge in [-0.05, 0) is 44.8 Å². The molecule has 34 heavy (non-hydrogen) atoms. The normalized spacial score (nSPS) is 12.6. The molecule has 5 aromatic carbocycles. The number of rotatable bonds is 3. The van der Waals surface area contributed by atoms with Crippen molar-refractivity contribution in [1.29, 1.82) is 0 Å². The van der Waals surface area contributed by atoms with Crippen molar-refractivity contribution >= 4 is 49.3 Å². The first kappa shape index (κ1) is 22.1. The summed E-state index contributed by atoms with van der Waals surface area (Å²) in [5.74, 6) is -0.429. The van der Waals surface area contributed by atoms with Crippen LogP contribution in [0.2, 0.25) is 0 Å². The average molecular weight is 508 g/mol. The van der Waals surface area contributed by atoms with Gasteiger partial charge in [-0.1, -0.05) is 113 Å². The molecular weight excluding hydrogens is 486 g/mol. The van der Waals surface area contributed by atoms with Crippen molar-refractivity contribution in [3.05, 3.63) is 131 Å². The van der Waals surface area contributed by atoms with Crippen molar-refractivity contribution in [2.75, 3.05) is 0 Å². The molecule has 0 saturated carbocycles. The number of hydrogen-bond acceptors (Lipinski definition) is 2. The fraction of sp³-hybridized carbons (Fsp3) is 0.0667. The van der Waals surface area contributed by atoms with Crippen molar-refractivity contribution in [1.82, 2.24) is 4.90 Å². The number of nitrogens with zero attached hydrogens (tertiary/aromatic N) is 1. The van der Waals surface area contributed by atoms with E-state index in [0.717, 1.165) is 21.7 Å². The SMILES string of the molecule is BrCc1cccc2ccccc12.O=C1c2ccccc2C(=O)N1Cc1cccc2ccccc12. The van der Waals surface area contributed by atoms with Gasteiger partial charge in [0.1, 0.15) is 0 Å². The third kappa shape index (κ3) is 4.13. The van der Waals surface area contributed by atoms with Crippen LogP contribution in [-0.2, 0) is 11.9 Å². The van der Waals surface area contributed by atoms with Gasteiger partial charge < -0.3 is 0 Å². The zero-order valence-corrected chi connectivity index (χ0v) is 20.0. The minimum absolute atomic E-state index is 0.214. The molecule has 0 saturated heterocycles. The van der Waals surface area contributed by atoms with Gasteiger partial charge >= 0.3 is 0 Å². The molecule has 3 nitrogen and oxygen atoms in total. The number of fused-ring (bicyclic) bond motifs is 3. The Bertz CT molecular complexity index is 1480. The van der Waals surface area contributed by atoms with E-state index >= 15 is 0 Å². The molecule has 4 heteroatoms. The van der Waals surface area contributed by atoms with E-state index in [1.54, 1.807) is 24.3 Å². The van der Waals surface area contributed by atoms with E-state index < -0.39 is 0 Å².